The lowest BCUT2D eigenvalue weighted by Gasteiger charge is -2.37. The zero-order valence-corrected chi connectivity index (χ0v) is 16.4. The van der Waals surface area contributed by atoms with Crippen LogP contribution in [0.5, 0.6) is 0 Å². The van der Waals surface area contributed by atoms with Crippen LogP contribution in [0.4, 0.5) is 4.39 Å². The molecule has 1 aliphatic rings. The third-order valence-electron chi connectivity index (χ3n) is 5.13. The van der Waals surface area contributed by atoms with E-state index in [0.29, 0.717) is 41.5 Å². The molecule has 2 aromatic carbocycles. The van der Waals surface area contributed by atoms with Crippen LogP contribution in [-0.2, 0) is 11.2 Å². The second kappa shape index (κ2) is 9.18. The van der Waals surface area contributed by atoms with Gasteiger partial charge in [-0.2, -0.15) is 0 Å². The minimum atomic E-state index is -0.189. The van der Waals surface area contributed by atoms with E-state index in [-0.39, 0.29) is 5.82 Å². The molecule has 0 saturated carbocycles. The molecule has 2 atom stereocenters. The van der Waals surface area contributed by atoms with Gasteiger partial charge in [0.2, 0.25) is 0 Å². The van der Waals surface area contributed by atoms with E-state index < -0.39 is 0 Å². The predicted octanol–water partition coefficient (Wildman–Crippen LogP) is 5.43. The van der Waals surface area contributed by atoms with Crippen LogP contribution >= 0.6 is 23.2 Å². The highest BCUT2D eigenvalue weighted by molar-refractivity contribution is 6.35. The average Bonchev–Trinajstić information content (AvgIpc) is 2.62. The summed E-state index contributed by atoms with van der Waals surface area (Å²) in [4.78, 5) is 2.33. The molecule has 0 N–H and O–H groups in total. The van der Waals surface area contributed by atoms with Crippen LogP contribution < -0.4 is 0 Å². The zero-order valence-electron chi connectivity index (χ0n) is 14.9. The lowest BCUT2D eigenvalue weighted by molar-refractivity contribution is 0.0576. The van der Waals surface area contributed by atoms with Gasteiger partial charge in [0.25, 0.3) is 0 Å². The van der Waals surface area contributed by atoms with Gasteiger partial charge in [0.15, 0.2) is 0 Å². The van der Waals surface area contributed by atoms with Gasteiger partial charge in [0, 0.05) is 22.5 Å². The molecule has 1 saturated heterocycles. The fraction of sp³-hybridized carbons (Fsp3) is 0.429. The summed E-state index contributed by atoms with van der Waals surface area (Å²) in [6.45, 7) is 3.29. The van der Waals surface area contributed by atoms with Crippen LogP contribution in [0.3, 0.4) is 0 Å². The van der Waals surface area contributed by atoms with Gasteiger partial charge >= 0.3 is 0 Å². The second-order valence-electron chi connectivity index (χ2n) is 6.99. The van der Waals surface area contributed by atoms with Gasteiger partial charge in [-0.25, -0.2) is 4.39 Å². The fourth-order valence-corrected chi connectivity index (χ4v) is 4.30. The molecular weight excluding hydrogens is 372 g/mol. The van der Waals surface area contributed by atoms with Crippen molar-refractivity contribution in [2.75, 3.05) is 33.4 Å². The van der Waals surface area contributed by atoms with Gasteiger partial charge in [-0.3, -0.25) is 0 Å². The maximum Gasteiger partial charge on any atom is 0.123 e. The highest BCUT2D eigenvalue weighted by atomic mass is 35.5. The normalized spacial score (nSPS) is 21.1. The molecule has 0 amide bonds. The van der Waals surface area contributed by atoms with Crippen LogP contribution in [0.25, 0.3) is 0 Å². The molecule has 0 radical (unpaired) electrons. The molecule has 0 unspecified atom stereocenters. The summed E-state index contributed by atoms with van der Waals surface area (Å²) in [7, 11) is 2.14. The first-order valence-corrected chi connectivity index (χ1v) is 9.75. The number of ether oxygens (including phenoxy) is 1. The van der Waals surface area contributed by atoms with E-state index in [1.807, 2.05) is 30.3 Å². The van der Waals surface area contributed by atoms with Crippen molar-refractivity contribution in [1.29, 1.82) is 0 Å². The minimum absolute atomic E-state index is 0.189. The van der Waals surface area contributed by atoms with Crippen LogP contribution in [-0.4, -0.2) is 38.3 Å². The van der Waals surface area contributed by atoms with Crippen molar-refractivity contribution < 1.29 is 9.13 Å². The van der Waals surface area contributed by atoms with Gasteiger partial charge in [0.1, 0.15) is 5.82 Å². The summed E-state index contributed by atoms with van der Waals surface area (Å²) in [5, 5.41) is 1.37. The summed E-state index contributed by atoms with van der Waals surface area (Å²) in [5.74, 6) is 0.600. The Morgan fingerprint density at radius 1 is 1.12 bits per heavy atom. The van der Waals surface area contributed by atoms with Crippen molar-refractivity contribution in [1.82, 2.24) is 4.90 Å². The molecule has 3 rings (SSSR count). The van der Waals surface area contributed by atoms with Crippen molar-refractivity contribution in [3.05, 3.63) is 69.5 Å². The monoisotopic (exact) mass is 395 g/mol. The SMILES string of the molecule is CN1CC[C@H](c2ccc(F)cc2)[C@@H](COCCc2c(Cl)cccc2Cl)C1. The molecule has 140 valence electrons. The standard InChI is InChI=1S/C21H24Cl2FNO/c1-25-11-9-18(15-5-7-17(24)8-6-15)16(13-25)14-26-12-10-19-20(22)3-2-4-21(19)23/h2-8,16,18H,9-14H2,1H3/t16-,18-/m1/s1. The number of hydrogen-bond acceptors (Lipinski definition) is 2. The Hall–Kier alpha value is -1.13. The molecular formula is C21H24Cl2FNO. The Balaban J connectivity index is 1.58. The molecule has 5 heteroatoms. The molecule has 0 bridgehead atoms. The largest absolute Gasteiger partial charge is 0.381 e. The summed E-state index contributed by atoms with van der Waals surface area (Å²) in [6.07, 6.45) is 1.76. The average molecular weight is 396 g/mol. The number of rotatable bonds is 6. The van der Waals surface area contributed by atoms with Crippen LogP contribution in [0, 0.1) is 11.7 Å². The molecule has 2 aromatic rings. The Morgan fingerprint density at radius 2 is 1.81 bits per heavy atom. The first kappa shape index (κ1) is 19.6. The molecule has 26 heavy (non-hydrogen) atoms. The maximum absolute atomic E-state index is 13.2. The van der Waals surface area contributed by atoms with Gasteiger partial charge < -0.3 is 9.64 Å². The Labute approximate surface area is 164 Å². The van der Waals surface area contributed by atoms with E-state index in [1.54, 1.807) is 12.1 Å². The number of hydrogen-bond donors (Lipinski definition) is 0. The van der Waals surface area contributed by atoms with Crippen molar-refractivity contribution in [3.8, 4) is 0 Å². The van der Waals surface area contributed by atoms with Crippen molar-refractivity contribution in [2.45, 2.75) is 18.8 Å². The smallest absolute Gasteiger partial charge is 0.123 e. The summed E-state index contributed by atoms with van der Waals surface area (Å²) in [6, 6.07) is 12.5. The number of likely N-dealkylation sites (tertiary alicyclic amines) is 1. The molecule has 0 aliphatic carbocycles. The summed E-state index contributed by atoms with van der Waals surface area (Å²) in [5.41, 5.74) is 2.13. The molecule has 1 heterocycles. The quantitative estimate of drug-likeness (QED) is 0.604. The Morgan fingerprint density at radius 3 is 2.50 bits per heavy atom. The van der Waals surface area contributed by atoms with E-state index in [1.165, 1.54) is 5.56 Å². The zero-order chi connectivity index (χ0) is 18.5. The lowest BCUT2D eigenvalue weighted by atomic mass is 9.81. The molecule has 1 aliphatic heterocycles. The lowest BCUT2D eigenvalue weighted by Crippen LogP contribution is -2.39. The van der Waals surface area contributed by atoms with Crippen LogP contribution in [0.1, 0.15) is 23.5 Å². The number of nitrogens with zero attached hydrogens (tertiary/aromatic N) is 1. The molecule has 1 fully saturated rings. The fourth-order valence-electron chi connectivity index (χ4n) is 3.71. The van der Waals surface area contributed by atoms with Gasteiger partial charge in [-0.05, 0) is 67.7 Å². The van der Waals surface area contributed by atoms with E-state index in [2.05, 4.69) is 11.9 Å². The van der Waals surface area contributed by atoms with Crippen LogP contribution in [0.2, 0.25) is 10.0 Å². The number of piperidine rings is 1. The van der Waals surface area contributed by atoms with Gasteiger partial charge in [-0.1, -0.05) is 41.4 Å². The molecule has 0 aromatic heterocycles. The maximum atomic E-state index is 13.2. The Kier molecular flexibility index (Phi) is 6.93. The van der Waals surface area contributed by atoms with Crippen molar-refractivity contribution in [2.24, 2.45) is 5.92 Å². The van der Waals surface area contributed by atoms with E-state index in [9.17, 15) is 4.39 Å². The van der Waals surface area contributed by atoms with E-state index in [4.69, 9.17) is 27.9 Å². The topological polar surface area (TPSA) is 12.5 Å². The third-order valence-corrected chi connectivity index (χ3v) is 5.83. The number of halogens is 3. The first-order chi connectivity index (χ1) is 12.5. The highest BCUT2D eigenvalue weighted by Crippen LogP contribution is 2.33. The highest BCUT2D eigenvalue weighted by Gasteiger charge is 2.29. The number of benzene rings is 2. The third kappa shape index (κ3) is 4.98. The van der Waals surface area contributed by atoms with E-state index >= 15 is 0 Å². The predicted molar refractivity (Wildman–Crippen MR) is 106 cm³/mol. The van der Waals surface area contributed by atoms with Crippen LogP contribution in [0.15, 0.2) is 42.5 Å². The minimum Gasteiger partial charge on any atom is -0.381 e. The van der Waals surface area contributed by atoms with E-state index in [0.717, 1.165) is 25.1 Å². The van der Waals surface area contributed by atoms with Gasteiger partial charge in [0.05, 0.1) is 13.2 Å². The summed E-state index contributed by atoms with van der Waals surface area (Å²) >= 11 is 12.4. The summed E-state index contributed by atoms with van der Waals surface area (Å²) < 4.78 is 19.2. The van der Waals surface area contributed by atoms with Crippen molar-refractivity contribution >= 4 is 23.2 Å². The second-order valence-corrected chi connectivity index (χ2v) is 7.81. The van der Waals surface area contributed by atoms with Crippen molar-refractivity contribution in [3.63, 3.8) is 0 Å². The molecule has 2 nitrogen and oxygen atoms in total. The van der Waals surface area contributed by atoms with Gasteiger partial charge in [-0.15, -0.1) is 0 Å². The Bertz CT molecular complexity index is 702. The first-order valence-electron chi connectivity index (χ1n) is 8.99. The molecule has 0 spiro atoms.